The number of anilines is 1. The van der Waals surface area contributed by atoms with Crippen LogP contribution in [0.3, 0.4) is 0 Å². The van der Waals surface area contributed by atoms with Crippen molar-refractivity contribution >= 4 is 17.6 Å². The van der Waals surface area contributed by atoms with E-state index in [0.29, 0.717) is 25.2 Å². The number of nitrogens with one attached hydrogen (secondary N) is 1. The van der Waals surface area contributed by atoms with E-state index >= 15 is 0 Å². The molecule has 1 aromatic carbocycles. The topological polar surface area (TPSA) is 82.8 Å². The standard InChI is InChI=1S/C26H32N2O4/c1-16(20-15-27-21-7-2-6-19(25(20)21)23-8-4-12-32-23)13-24(29)28-11-3-5-17-14-18(26(30)31)9-10-22(17)28/h2,4,6-8,12,16-18,20,22,27H,3,5,9-11,13-15H2,1H3,(H,30,31). The molecule has 3 aliphatic rings. The van der Waals surface area contributed by atoms with Crippen molar-refractivity contribution in [3.63, 3.8) is 0 Å². The molecule has 1 aliphatic carbocycles. The zero-order chi connectivity index (χ0) is 22.2. The SMILES string of the molecule is CC(CC(=O)N1CCCC2CC(C(=O)O)CCC21)C1CNc2cccc(-c3ccco3)c21. The quantitative estimate of drug-likeness (QED) is 0.691. The maximum Gasteiger partial charge on any atom is 0.306 e. The van der Waals surface area contributed by atoms with Gasteiger partial charge < -0.3 is 19.7 Å². The summed E-state index contributed by atoms with van der Waals surface area (Å²) in [6.07, 6.45) is 6.45. The van der Waals surface area contributed by atoms with Crippen LogP contribution >= 0.6 is 0 Å². The number of amides is 1. The van der Waals surface area contributed by atoms with E-state index in [9.17, 15) is 14.7 Å². The zero-order valence-electron chi connectivity index (χ0n) is 18.6. The highest BCUT2D eigenvalue weighted by atomic mass is 16.4. The smallest absolute Gasteiger partial charge is 0.306 e. The fraction of sp³-hybridized carbons (Fsp3) is 0.538. The van der Waals surface area contributed by atoms with Crippen molar-refractivity contribution in [3.8, 4) is 11.3 Å². The summed E-state index contributed by atoms with van der Waals surface area (Å²) in [5, 5.41) is 12.9. The lowest BCUT2D eigenvalue weighted by Crippen LogP contribution is -2.51. The second-order valence-corrected chi connectivity index (χ2v) is 9.82. The second-order valence-electron chi connectivity index (χ2n) is 9.82. The van der Waals surface area contributed by atoms with Gasteiger partial charge in [0.1, 0.15) is 5.76 Å². The van der Waals surface area contributed by atoms with Crippen molar-refractivity contribution in [3.05, 3.63) is 42.2 Å². The Balaban J connectivity index is 1.30. The van der Waals surface area contributed by atoms with E-state index in [0.717, 1.165) is 49.4 Å². The van der Waals surface area contributed by atoms with E-state index in [1.54, 1.807) is 6.26 Å². The van der Waals surface area contributed by atoms with Crippen LogP contribution < -0.4 is 5.32 Å². The molecule has 6 heteroatoms. The first-order valence-electron chi connectivity index (χ1n) is 12.0. The summed E-state index contributed by atoms with van der Waals surface area (Å²) >= 11 is 0. The predicted molar refractivity (Wildman–Crippen MR) is 122 cm³/mol. The van der Waals surface area contributed by atoms with Gasteiger partial charge >= 0.3 is 5.97 Å². The van der Waals surface area contributed by atoms with E-state index in [1.165, 1.54) is 5.56 Å². The molecule has 1 aromatic heterocycles. The van der Waals surface area contributed by atoms with E-state index in [1.807, 2.05) is 18.2 Å². The number of fused-ring (bicyclic) bond motifs is 2. The monoisotopic (exact) mass is 436 g/mol. The summed E-state index contributed by atoms with van der Waals surface area (Å²) in [6.45, 7) is 3.82. The summed E-state index contributed by atoms with van der Waals surface area (Å²) in [4.78, 5) is 27.0. The van der Waals surface area contributed by atoms with Gasteiger partial charge in [0.05, 0.1) is 12.2 Å². The van der Waals surface area contributed by atoms with Gasteiger partial charge in [-0.05, 0) is 67.7 Å². The van der Waals surface area contributed by atoms with Crippen LogP contribution in [0.4, 0.5) is 5.69 Å². The Bertz CT molecular complexity index is 986. The number of benzene rings is 1. The van der Waals surface area contributed by atoms with Gasteiger partial charge in [-0.15, -0.1) is 0 Å². The van der Waals surface area contributed by atoms with Crippen LogP contribution in [-0.2, 0) is 9.59 Å². The average Bonchev–Trinajstić information content (AvgIpc) is 3.48. The lowest BCUT2D eigenvalue weighted by Gasteiger charge is -2.46. The Kier molecular flexibility index (Phi) is 5.70. The summed E-state index contributed by atoms with van der Waals surface area (Å²) in [5.41, 5.74) is 3.49. The minimum Gasteiger partial charge on any atom is -0.481 e. The summed E-state index contributed by atoms with van der Waals surface area (Å²) in [5.74, 6) is 0.943. The van der Waals surface area contributed by atoms with Gasteiger partial charge in [0.15, 0.2) is 0 Å². The number of aliphatic carboxylic acids is 1. The van der Waals surface area contributed by atoms with Crippen molar-refractivity contribution in [2.45, 2.75) is 57.4 Å². The van der Waals surface area contributed by atoms with Gasteiger partial charge in [-0.3, -0.25) is 9.59 Å². The highest BCUT2D eigenvalue weighted by Crippen LogP contribution is 2.44. The fourth-order valence-electron chi connectivity index (χ4n) is 6.30. The van der Waals surface area contributed by atoms with Crippen molar-refractivity contribution in [1.29, 1.82) is 0 Å². The number of furan rings is 1. The Morgan fingerprint density at radius 2 is 2.09 bits per heavy atom. The third-order valence-corrected chi connectivity index (χ3v) is 7.95. The van der Waals surface area contributed by atoms with E-state index in [2.05, 4.69) is 29.3 Å². The van der Waals surface area contributed by atoms with Gasteiger partial charge in [0.25, 0.3) is 0 Å². The molecule has 0 radical (unpaired) electrons. The summed E-state index contributed by atoms with van der Waals surface area (Å²) in [6, 6.07) is 10.4. The largest absolute Gasteiger partial charge is 0.481 e. The summed E-state index contributed by atoms with van der Waals surface area (Å²) < 4.78 is 5.69. The van der Waals surface area contributed by atoms with Crippen LogP contribution in [0.2, 0.25) is 0 Å². The second kappa shape index (κ2) is 8.64. The number of rotatable bonds is 5. The molecule has 170 valence electrons. The molecule has 1 saturated heterocycles. The lowest BCUT2D eigenvalue weighted by molar-refractivity contribution is -0.146. The molecule has 5 rings (SSSR count). The van der Waals surface area contributed by atoms with Gasteiger partial charge in [-0.1, -0.05) is 19.1 Å². The van der Waals surface area contributed by atoms with E-state index in [4.69, 9.17) is 4.42 Å². The van der Waals surface area contributed by atoms with Crippen LogP contribution in [0.5, 0.6) is 0 Å². The van der Waals surface area contributed by atoms with Crippen LogP contribution in [-0.4, -0.2) is 41.0 Å². The molecule has 0 bridgehead atoms. The van der Waals surface area contributed by atoms with Crippen LogP contribution in [0.15, 0.2) is 41.0 Å². The minimum absolute atomic E-state index is 0.197. The molecule has 5 atom stereocenters. The molecule has 0 spiro atoms. The first-order chi connectivity index (χ1) is 15.5. The molecule has 2 aromatic rings. The highest BCUT2D eigenvalue weighted by molar-refractivity contribution is 5.78. The Morgan fingerprint density at radius 3 is 2.88 bits per heavy atom. The van der Waals surface area contributed by atoms with Crippen LogP contribution in [0.1, 0.15) is 56.9 Å². The number of hydrogen-bond donors (Lipinski definition) is 2. The maximum absolute atomic E-state index is 13.4. The van der Waals surface area contributed by atoms with Crippen molar-refractivity contribution in [2.24, 2.45) is 17.8 Å². The van der Waals surface area contributed by atoms with E-state index in [-0.39, 0.29) is 29.7 Å². The Morgan fingerprint density at radius 1 is 1.22 bits per heavy atom. The molecule has 1 amide bonds. The number of carboxylic acid groups (broad SMARTS) is 1. The zero-order valence-corrected chi connectivity index (χ0v) is 18.6. The van der Waals surface area contributed by atoms with Gasteiger partial charge in [-0.25, -0.2) is 0 Å². The molecule has 5 unspecified atom stereocenters. The lowest BCUT2D eigenvalue weighted by atomic mass is 9.73. The Hall–Kier alpha value is -2.76. The maximum atomic E-state index is 13.4. The molecule has 1 saturated carbocycles. The third kappa shape index (κ3) is 3.80. The first-order valence-corrected chi connectivity index (χ1v) is 12.0. The van der Waals surface area contributed by atoms with Gasteiger partial charge in [0, 0.05) is 42.7 Å². The number of nitrogens with zero attached hydrogens (tertiary/aromatic N) is 1. The van der Waals surface area contributed by atoms with Crippen molar-refractivity contribution in [1.82, 2.24) is 4.90 Å². The number of hydrogen-bond acceptors (Lipinski definition) is 4. The normalized spacial score (nSPS) is 27.8. The van der Waals surface area contributed by atoms with Crippen molar-refractivity contribution < 1.29 is 19.1 Å². The number of carbonyl (C=O) groups excluding carboxylic acids is 1. The number of carbonyl (C=O) groups is 2. The number of carboxylic acids is 1. The molecule has 3 heterocycles. The third-order valence-electron chi connectivity index (χ3n) is 7.95. The first kappa shape index (κ1) is 21.1. The predicted octanol–water partition coefficient (Wildman–Crippen LogP) is 4.97. The molecule has 2 aliphatic heterocycles. The Labute approximate surface area is 189 Å². The number of piperidine rings is 1. The molecular weight excluding hydrogens is 404 g/mol. The van der Waals surface area contributed by atoms with Gasteiger partial charge in [0.2, 0.25) is 5.91 Å². The molecule has 32 heavy (non-hydrogen) atoms. The summed E-state index contributed by atoms with van der Waals surface area (Å²) in [7, 11) is 0. The van der Waals surface area contributed by atoms with E-state index < -0.39 is 5.97 Å². The number of likely N-dealkylation sites (tertiary alicyclic amines) is 1. The highest BCUT2D eigenvalue weighted by Gasteiger charge is 2.41. The van der Waals surface area contributed by atoms with Gasteiger partial charge in [-0.2, -0.15) is 0 Å². The molecular formula is C26H32N2O4. The molecule has 2 fully saturated rings. The molecule has 6 nitrogen and oxygen atoms in total. The average molecular weight is 437 g/mol. The molecule has 2 N–H and O–H groups in total. The van der Waals surface area contributed by atoms with Crippen molar-refractivity contribution in [2.75, 3.05) is 18.4 Å². The minimum atomic E-state index is -0.680. The van der Waals surface area contributed by atoms with Crippen LogP contribution in [0.25, 0.3) is 11.3 Å². The van der Waals surface area contributed by atoms with Crippen LogP contribution in [0, 0.1) is 17.8 Å². The fourth-order valence-corrected chi connectivity index (χ4v) is 6.30.